The minimum atomic E-state index is 0.672. The molecule has 33 heavy (non-hydrogen) atoms. The number of hydrogen-bond donors (Lipinski definition) is 0. The van der Waals surface area contributed by atoms with Gasteiger partial charge in [0.2, 0.25) is 0 Å². The van der Waals surface area contributed by atoms with Gasteiger partial charge in [-0.25, -0.2) is 15.0 Å². The topological polar surface area (TPSA) is 38.7 Å². The first kappa shape index (κ1) is 19.5. The SMILES string of the molecule is c1ccc(-c2nc(-c3ccccc3)nc(-c3ccc(-c4cc5ccccc5s4)cc3)n2)cc1. The van der Waals surface area contributed by atoms with E-state index >= 15 is 0 Å². The van der Waals surface area contributed by atoms with Crippen molar-refractivity contribution in [3.05, 3.63) is 115 Å². The largest absolute Gasteiger partial charge is 0.208 e. The second-order valence-electron chi connectivity index (χ2n) is 7.76. The predicted octanol–water partition coefficient (Wildman–Crippen LogP) is 7.75. The third-order valence-electron chi connectivity index (χ3n) is 5.55. The van der Waals surface area contributed by atoms with Crippen molar-refractivity contribution < 1.29 is 0 Å². The van der Waals surface area contributed by atoms with Gasteiger partial charge < -0.3 is 0 Å². The van der Waals surface area contributed by atoms with Gasteiger partial charge in [0, 0.05) is 26.3 Å². The minimum absolute atomic E-state index is 0.672. The van der Waals surface area contributed by atoms with E-state index in [2.05, 4.69) is 54.6 Å². The number of nitrogens with zero attached hydrogens (tertiary/aromatic N) is 3. The van der Waals surface area contributed by atoms with Gasteiger partial charge >= 0.3 is 0 Å². The molecular formula is C29H19N3S. The molecular weight excluding hydrogens is 422 g/mol. The van der Waals surface area contributed by atoms with Gasteiger partial charge in [-0.15, -0.1) is 11.3 Å². The van der Waals surface area contributed by atoms with Crippen molar-refractivity contribution >= 4 is 21.4 Å². The van der Waals surface area contributed by atoms with E-state index in [1.54, 1.807) is 0 Å². The molecule has 0 aliphatic heterocycles. The fourth-order valence-electron chi connectivity index (χ4n) is 3.85. The molecule has 0 atom stereocenters. The molecule has 0 saturated carbocycles. The number of hydrogen-bond acceptors (Lipinski definition) is 4. The molecule has 0 aliphatic carbocycles. The highest BCUT2D eigenvalue weighted by molar-refractivity contribution is 7.22. The van der Waals surface area contributed by atoms with Crippen molar-refractivity contribution in [2.75, 3.05) is 0 Å². The number of benzene rings is 4. The Morgan fingerprint density at radius 3 is 1.42 bits per heavy atom. The van der Waals surface area contributed by atoms with Gasteiger partial charge in [0.15, 0.2) is 17.5 Å². The van der Waals surface area contributed by atoms with Crippen LogP contribution in [0.25, 0.3) is 54.7 Å². The maximum atomic E-state index is 4.82. The quantitative estimate of drug-likeness (QED) is 0.281. The molecule has 3 nitrogen and oxygen atoms in total. The molecule has 0 saturated heterocycles. The van der Waals surface area contributed by atoms with Gasteiger partial charge in [-0.2, -0.15) is 0 Å². The van der Waals surface area contributed by atoms with Crippen LogP contribution in [0.1, 0.15) is 0 Å². The van der Waals surface area contributed by atoms with Crippen LogP contribution in [0.3, 0.4) is 0 Å². The maximum Gasteiger partial charge on any atom is 0.164 e. The average Bonchev–Trinajstić information content (AvgIpc) is 3.34. The Kier molecular flexibility index (Phi) is 4.98. The zero-order valence-electron chi connectivity index (χ0n) is 17.7. The molecule has 0 unspecified atom stereocenters. The highest BCUT2D eigenvalue weighted by Gasteiger charge is 2.12. The zero-order chi connectivity index (χ0) is 22.0. The maximum absolute atomic E-state index is 4.82. The number of aromatic nitrogens is 3. The molecule has 0 N–H and O–H groups in total. The predicted molar refractivity (Wildman–Crippen MR) is 137 cm³/mol. The van der Waals surface area contributed by atoms with Crippen molar-refractivity contribution in [2.24, 2.45) is 0 Å². The number of thiophene rings is 1. The fraction of sp³-hybridized carbons (Fsp3) is 0. The van der Waals surface area contributed by atoms with E-state index in [0.717, 1.165) is 16.7 Å². The molecule has 4 aromatic carbocycles. The second kappa shape index (κ2) is 8.41. The summed E-state index contributed by atoms with van der Waals surface area (Å²) in [4.78, 5) is 15.7. The Morgan fingerprint density at radius 2 is 0.879 bits per heavy atom. The molecule has 0 aliphatic rings. The number of fused-ring (bicyclic) bond motifs is 1. The van der Waals surface area contributed by atoms with Crippen LogP contribution in [0.2, 0.25) is 0 Å². The van der Waals surface area contributed by atoms with E-state index in [4.69, 9.17) is 15.0 Å². The van der Waals surface area contributed by atoms with E-state index in [0.29, 0.717) is 17.5 Å². The summed E-state index contributed by atoms with van der Waals surface area (Å²) in [6.45, 7) is 0. The van der Waals surface area contributed by atoms with Crippen LogP contribution in [-0.2, 0) is 0 Å². The van der Waals surface area contributed by atoms with Crippen molar-refractivity contribution in [3.8, 4) is 44.6 Å². The van der Waals surface area contributed by atoms with Crippen LogP contribution >= 0.6 is 11.3 Å². The first-order chi connectivity index (χ1) is 16.3. The summed E-state index contributed by atoms with van der Waals surface area (Å²) in [5.74, 6) is 2.02. The zero-order valence-corrected chi connectivity index (χ0v) is 18.5. The Bertz CT molecular complexity index is 1450. The molecule has 0 radical (unpaired) electrons. The van der Waals surface area contributed by atoms with Crippen LogP contribution in [0.5, 0.6) is 0 Å². The Balaban J connectivity index is 1.43. The van der Waals surface area contributed by atoms with Gasteiger partial charge in [0.05, 0.1) is 0 Å². The molecule has 156 valence electrons. The molecule has 2 heterocycles. The molecule has 0 fully saturated rings. The fourth-order valence-corrected chi connectivity index (χ4v) is 4.91. The molecule has 0 bridgehead atoms. The lowest BCUT2D eigenvalue weighted by molar-refractivity contribution is 1.07. The Hall–Kier alpha value is -4.15. The first-order valence-electron chi connectivity index (χ1n) is 10.8. The molecule has 0 amide bonds. The normalized spacial score (nSPS) is 11.0. The molecule has 6 aromatic rings. The third kappa shape index (κ3) is 3.93. The van der Waals surface area contributed by atoms with Crippen molar-refractivity contribution in [1.29, 1.82) is 0 Å². The van der Waals surface area contributed by atoms with Gasteiger partial charge in [-0.1, -0.05) is 103 Å². The van der Waals surface area contributed by atoms with E-state index in [-0.39, 0.29) is 0 Å². The van der Waals surface area contributed by atoms with Crippen LogP contribution < -0.4 is 0 Å². The number of rotatable bonds is 4. The lowest BCUT2D eigenvalue weighted by atomic mass is 10.1. The summed E-state index contributed by atoms with van der Waals surface area (Å²) in [5.41, 5.74) is 4.11. The van der Waals surface area contributed by atoms with Crippen LogP contribution in [0, 0.1) is 0 Å². The summed E-state index contributed by atoms with van der Waals surface area (Å²) in [5, 5.41) is 1.28. The van der Waals surface area contributed by atoms with Gasteiger partial charge in [-0.3, -0.25) is 0 Å². The highest BCUT2D eigenvalue weighted by atomic mass is 32.1. The third-order valence-corrected chi connectivity index (χ3v) is 6.72. The van der Waals surface area contributed by atoms with E-state index < -0.39 is 0 Å². The summed E-state index contributed by atoms with van der Waals surface area (Å²) >= 11 is 1.81. The van der Waals surface area contributed by atoms with Gasteiger partial charge in [0.1, 0.15) is 0 Å². The molecule has 6 rings (SSSR count). The summed E-state index contributed by atoms with van der Waals surface area (Å²) in [7, 11) is 0. The van der Waals surface area contributed by atoms with Crippen molar-refractivity contribution in [2.45, 2.75) is 0 Å². The summed E-state index contributed by atoms with van der Waals surface area (Å²) in [6.07, 6.45) is 0. The monoisotopic (exact) mass is 441 g/mol. The van der Waals surface area contributed by atoms with Crippen molar-refractivity contribution in [3.63, 3.8) is 0 Å². The highest BCUT2D eigenvalue weighted by Crippen LogP contribution is 2.34. The summed E-state index contributed by atoms with van der Waals surface area (Å²) < 4.78 is 1.30. The average molecular weight is 442 g/mol. The lowest BCUT2D eigenvalue weighted by Gasteiger charge is -2.08. The van der Waals surface area contributed by atoms with Crippen molar-refractivity contribution in [1.82, 2.24) is 15.0 Å². The van der Waals surface area contributed by atoms with Gasteiger partial charge in [0.25, 0.3) is 0 Å². The van der Waals surface area contributed by atoms with E-state index in [1.807, 2.05) is 72.0 Å². The van der Waals surface area contributed by atoms with Crippen LogP contribution in [-0.4, -0.2) is 15.0 Å². The van der Waals surface area contributed by atoms with Crippen LogP contribution in [0.15, 0.2) is 115 Å². The summed E-state index contributed by atoms with van der Waals surface area (Å²) in [6, 6.07) is 39.3. The van der Waals surface area contributed by atoms with E-state index in [9.17, 15) is 0 Å². The van der Waals surface area contributed by atoms with Gasteiger partial charge in [-0.05, 0) is 23.1 Å². The molecule has 0 spiro atoms. The Morgan fingerprint density at radius 1 is 0.424 bits per heavy atom. The van der Waals surface area contributed by atoms with Crippen LogP contribution in [0.4, 0.5) is 0 Å². The lowest BCUT2D eigenvalue weighted by Crippen LogP contribution is -2.00. The standard InChI is InChI=1S/C29H19N3S/c1-3-9-21(10-4-1)27-30-28(22-11-5-2-6-12-22)32-29(31-27)23-17-15-20(16-18-23)26-19-24-13-7-8-14-25(24)33-26/h1-19H. The molecule has 4 heteroatoms. The minimum Gasteiger partial charge on any atom is -0.208 e. The Labute approximate surface area is 196 Å². The first-order valence-corrected chi connectivity index (χ1v) is 11.6. The second-order valence-corrected chi connectivity index (χ2v) is 8.85. The molecule has 2 aromatic heterocycles. The smallest absolute Gasteiger partial charge is 0.164 e. The van der Waals surface area contributed by atoms with E-state index in [1.165, 1.54) is 20.5 Å².